The van der Waals surface area contributed by atoms with Crippen molar-refractivity contribution in [3.63, 3.8) is 0 Å². The van der Waals surface area contributed by atoms with Crippen molar-refractivity contribution in [2.75, 3.05) is 5.32 Å². The number of amides is 1. The molecule has 1 aromatic rings. The van der Waals surface area contributed by atoms with Crippen LogP contribution >= 0.6 is 12.4 Å². The summed E-state index contributed by atoms with van der Waals surface area (Å²) in [5.74, 6) is 0.840. The molecule has 1 aliphatic rings. The van der Waals surface area contributed by atoms with Crippen molar-refractivity contribution in [3.05, 3.63) is 24.5 Å². The summed E-state index contributed by atoms with van der Waals surface area (Å²) in [6.07, 6.45) is 7.38. The third-order valence-corrected chi connectivity index (χ3v) is 3.83. The van der Waals surface area contributed by atoms with E-state index in [4.69, 9.17) is 5.73 Å². The summed E-state index contributed by atoms with van der Waals surface area (Å²) >= 11 is 0. The lowest BCUT2D eigenvalue weighted by Crippen LogP contribution is -2.33. The van der Waals surface area contributed by atoms with Gasteiger partial charge in [-0.2, -0.15) is 0 Å². The van der Waals surface area contributed by atoms with E-state index < -0.39 is 0 Å². The second-order valence-electron chi connectivity index (χ2n) is 5.20. The normalized spacial score (nSPS) is 22.9. The minimum absolute atomic E-state index is 0. The van der Waals surface area contributed by atoms with E-state index in [1.54, 1.807) is 12.4 Å². The number of pyridine rings is 1. The highest BCUT2D eigenvalue weighted by molar-refractivity contribution is 5.92. The number of carbonyl (C=O) groups is 1. The van der Waals surface area contributed by atoms with Crippen molar-refractivity contribution in [1.82, 2.24) is 4.98 Å². The first kappa shape index (κ1) is 18.8. The van der Waals surface area contributed by atoms with E-state index in [0.29, 0.717) is 5.92 Å². The molecule has 1 aliphatic carbocycles. The third-order valence-electron chi connectivity index (χ3n) is 3.83. The fraction of sp³-hybridized carbons (Fsp3) is 0.571. The Bertz CT molecular complexity index is 393. The smallest absolute Gasteiger partial charge is 0.227 e. The first-order valence-electron chi connectivity index (χ1n) is 6.63. The molecule has 2 rings (SSSR count). The maximum Gasteiger partial charge on any atom is 0.227 e. The summed E-state index contributed by atoms with van der Waals surface area (Å²) in [6, 6.07) is 3.87. The molecule has 1 saturated carbocycles. The monoisotopic (exact) mass is 301 g/mol. The summed E-state index contributed by atoms with van der Waals surface area (Å²) in [7, 11) is 0. The highest BCUT2D eigenvalue weighted by Crippen LogP contribution is 2.30. The zero-order valence-corrected chi connectivity index (χ0v) is 12.5. The summed E-state index contributed by atoms with van der Waals surface area (Å²) in [5.41, 5.74) is 6.73. The molecule has 0 spiro atoms. The Balaban J connectivity index is 0.00000180. The first-order chi connectivity index (χ1) is 8.66. The van der Waals surface area contributed by atoms with Gasteiger partial charge in [0.2, 0.25) is 5.91 Å². The van der Waals surface area contributed by atoms with Gasteiger partial charge < -0.3 is 16.5 Å². The van der Waals surface area contributed by atoms with Crippen LogP contribution < -0.4 is 11.1 Å². The Hall–Kier alpha value is -1.17. The van der Waals surface area contributed by atoms with Gasteiger partial charge in [0.1, 0.15) is 0 Å². The molecule has 1 fully saturated rings. The van der Waals surface area contributed by atoms with Crippen molar-refractivity contribution in [2.45, 2.75) is 38.6 Å². The highest BCUT2D eigenvalue weighted by atomic mass is 35.5. The lowest BCUT2D eigenvalue weighted by molar-refractivity contribution is -0.121. The summed E-state index contributed by atoms with van der Waals surface area (Å²) in [6.45, 7) is 2.06. The highest BCUT2D eigenvalue weighted by Gasteiger charge is 2.27. The zero-order valence-electron chi connectivity index (χ0n) is 11.7. The molecule has 114 valence electrons. The molecule has 1 unspecified atom stereocenters. The number of aromatic nitrogens is 1. The van der Waals surface area contributed by atoms with Crippen LogP contribution in [0, 0.1) is 11.8 Å². The van der Waals surface area contributed by atoms with Gasteiger partial charge in [-0.15, -0.1) is 12.4 Å². The molecular formula is C14H24ClN3O2. The number of rotatable bonds is 3. The fourth-order valence-corrected chi connectivity index (χ4v) is 2.59. The van der Waals surface area contributed by atoms with Gasteiger partial charge in [-0.25, -0.2) is 0 Å². The molecule has 0 bridgehead atoms. The van der Waals surface area contributed by atoms with E-state index in [1.807, 2.05) is 12.1 Å². The Morgan fingerprint density at radius 3 is 2.35 bits per heavy atom. The topological polar surface area (TPSA) is 99.5 Å². The third kappa shape index (κ3) is 5.07. The van der Waals surface area contributed by atoms with E-state index in [1.165, 1.54) is 0 Å². The average Bonchev–Trinajstić information content (AvgIpc) is 2.40. The van der Waals surface area contributed by atoms with Crippen molar-refractivity contribution in [2.24, 2.45) is 17.6 Å². The molecule has 6 heteroatoms. The predicted molar refractivity (Wildman–Crippen MR) is 82.8 cm³/mol. The van der Waals surface area contributed by atoms with Gasteiger partial charge in [-0.1, -0.05) is 0 Å². The maximum absolute atomic E-state index is 12.1. The van der Waals surface area contributed by atoms with Gasteiger partial charge in [0, 0.05) is 30.0 Å². The van der Waals surface area contributed by atoms with Crippen LogP contribution in [0.5, 0.6) is 0 Å². The van der Waals surface area contributed by atoms with E-state index in [-0.39, 0.29) is 35.8 Å². The van der Waals surface area contributed by atoms with E-state index in [0.717, 1.165) is 31.4 Å². The SMILES string of the molecule is CC(N)C1CCC(C(=O)Nc2ccncc2)CC1.Cl.O. The molecule has 1 aromatic heterocycles. The van der Waals surface area contributed by atoms with Gasteiger partial charge in [0.05, 0.1) is 0 Å². The lowest BCUT2D eigenvalue weighted by Gasteiger charge is -2.29. The van der Waals surface area contributed by atoms with Crippen LogP contribution in [-0.2, 0) is 4.79 Å². The number of hydrogen-bond acceptors (Lipinski definition) is 3. The van der Waals surface area contributed by atoms with Crippen LogP contribution in [0.25, 0.3) is 0 Å². The molecule has 5 N–H and O–H groups in total. The van der Waals surface area contributed by atoms with Crippen molar-refractivity contribution in [3.8, 4) is 0 Å². The van der Waals surface area contributed by atoms with Crippen LogP contribution in [0.1, 0.15) is 32.6 Å². The van der Waals surface area contributed by atoms with Crippen molar-refractivity contribution in [1.29, 1.82) is 0 Å². The Morgan fingerprint density at radius 2 is 1.85 bits per heavy atom. The largest absolute Gasteiger partial charge is 0.412 e. The second-order valence-corrected chi connectivity index (χ2v) is 5.20. The van der Waals surface area contributed by atoms with Crippen LogP contribution in [0.15, 0.2) is 24.5 Å². The van der Waals surface area contributed by atoms with Crippen LogP contribution in [0.4, 0.5) is 5.69 Å². The number of nitrogens with two attached hydrogens (primary N) is 1. The standard InChI is InChI=1S/C14H21N3O.ClH.H2O/c1-10(15)11-2-4-12(5-3-11)14(18)17-13-6-8-16-9-7-13;;/h6-12H,2-5,15H2,1H3,(H,16,17,18);1H;1H2. The molecule has 20 heavy (non-hydrogen) atoms. The van der Waals surface area contributed by atoms with Gasteiger partial charge in [-0.3, -0.25) is 9.78 Å². The minimum Gasteiger partial charge on any atom is -0.412 e. The minimum atomic E-state index is 0. The second kappa shape index (κ2) is 8.89. The molecule has 1 heterocycles. The number of nitrogens with one attached hydrogen (secondary N) is 1. The molecule has 1 atom stereocenters. The number of hydrogen-bond donors (Lipinski definition) is 2. The van der Waals surface area contributed by atoms with Crippen LogP contribution in [0.3, 0.4) is 0 Å². The molecule has 0 aliphatic heterocycles. The average molecular weight is 302 g/mol. The molecule has 0 saturated heterocycles. The first-order valence-corrected chi connectivity index (χ1v) is 6.63. The molecule has 0 aromatic carbocycles. The number of anilines is 1. The predicted octanol–water partition coefficient (Wildman–Crippen LogP) is 1.77. The van der Waals surface area contributed by atoms with Gasteiger partial charge in [-0.05, 0) is 50.7 Å². The summed E-state index contributed by atoms with van der Waals surface area (Å²) < 4.78 is 0. The Labute approximate surface area is 126 Å². The fourth-order valence-electron chi connectivity index (χ4n) is 2.59. The van der Waals surface area contributed by atoms with Gasteiger partial charge >= 0.3 is 0 Å². The van der Waals surface area contributed by atoms with E-state index >= 15 is 0 Å². The number of carbonyl (C=O) groups excluding carboxylic acids is 1. The molecule has 5 nitrogen and oxygen atoms in total. The Kier molecular flexibility index (Phi) is 8.37. The number of nitrogens with zero attached hydrogens (tertiary/aromatic N) is 1. The maximum atomic E-state index is 12.1. The summed E-state index contributed by atoms with van der Waals surface area (Å²) in [5, 5.41) is 2.95. The van der Waals surface area contributed by atoms with E-state index in [9.17, 15) is 4.79 Å². The quantitative estimate of drug-likeness (QED) is 0.889. The van der Waals surface area contributed by atoms with E-state index in [2.05, 4.69) is 17.2 Å². The van der Waals surface area contributed by atoms with Gasteiger partial charge in [0.15, 0.2) is 0 Å². The Morgan fingerprint density at radius 1 is 1.30 bits per heavy atom. The number of halogens is 1. The van der Waals surface area contributed by atoms with Crippen molar-refractivity contribution < 1.29 is 10.3 Å². The zero-order chi connectivity index (χ0) is 13.0. The van der Waals surface area contributed by atoms with Crippen LogP contribution in [-0.4, -0.2) is 22.4 Å². The summed E-state index contributed by atoms with van der Waals surface area (Å²) in [4.78, 5) is 16.0. The van der Waals surface area contributed by atoms with Gasteiger partial charge in [0.25, 0.3) is 0 Å². The molecular weight excluding hydrogens is 278 g/mol. The molecule has 0 radical (unpaired) electrons. The lowest BCUT2D eigenvalue weighted by atomic mass is 9.79. The van der Waals surface area contributed by atoms with Crippen molar-refractivity contribution >= 4 is 24.0 Å². The molecule has 1 amide bonds. The van der Waals surface area contributed by atoms with Crippen LogP contribution in [0.2, 0.25) is 0 Å².